The first-order valence-electron chi connectivity index (χ1n) is 5.72. The summed E-state index contributed by atoms with van der Waals surface area (Å²) in [7, 11) is 0. The molecule has 88 valence electrons. The number of rotatable bonds is 2. The zero-order valence-corrected chi connectivity index (χ0v) is 10.0. The Morgan fingerprint density at radius 3 is 2.88 bits per heavy atom. The third-order valence-electron chi connectivity index (χ3n) is 3.30. The summed E-state index contributed by atoms with van der Waals surface area (Å²) in [6.45, 7) is 3.89. The van der Waals surface area contributed by atoms with Crippen LogP contribution in [0.15, 0.2) is 18.3 Å². The van der Waals surface area contributed by atoms with E-state index in [4.69, 9.17) is 5.26 Å². The summed E-state index contributed by atoms with van der Waals surface area (Å²) in [5, 5.41) is 11.9. The molecule has 1 amide bonds. The first-order valence-corrected chi connectivity index (χ1v) is 5.72. The fourth-order valence-electron chi connectivity index (χ4n) is 2.32. The molecule has 0 aliphatic heterocycles. The lowest BCUT2D eigenvalue weighted by Crippen LogP contribution is -2.45. The largest absolute Gasteiger partial charge is 0.323 e. The Balaban J connectivity index is 2.13. The Kier molecular flexibility index (Phi) is 2.84. The van der Waals surface area contributed by atoms with Crippen LogP contribution in [0.3, 0.4) is 0 Å². The second kappa shape index (κ2) is 4.17. The highest BCUT2D eigenvalue weighted by molar-refractivity contribution is 5.98. The van der Waals surface area contributed by atoms with Crippen LogP contribution in [0.4, 0.5) is 5.69 Å². The second-order valence-corrected chi connectivity index (χ2v) is 4.80. The maximum Gasteiger partial charge on any atom is 0.244 e. The summed E-state index contributed by atoms with van der Waals surface area (Å²) in [6, 6.07) is 5.72. The lowest BCUT2D eigenvalue weighted by molar-refractivity contribution is -0.128. The van der Waals surface area contributed by atoms with Gasteiger partial charge in [-0.3, -0.25) is 9.78 Å². The summed E-state index contributed by atoms with van der Waals surface area (Å²) in [6.07, 6.45) is 2.97. The van der Waals surface area contributed by atoms with Crippen molar-refractivity contribution in [3.63, 3.8) is 0 Å². The third kappa shape index (κ3) is 2.01. The SMILES string of the molecule is Cc1ncccc1NC(=O)C1(C#N)CC(C)C1. The van der Waals surface area contributed by atoms with Crippen LogP contribution < -0.4 is 5.32 Å². The molecule has 17 heavy (non-hydrogen) atoms. The number of pyridine rings is 1. The second-order valence-electron chi connectivity index (χ2n) is 4.80. The lowest BCUT2D eigenvalue weighted by atomic mass is 9.63. The lowest BCUT2D eigenvalue weighted by Gasteiger charge is -2.39. The predicted molar refractivity (Wildman–Crippen MR) is 64.0 cm³/mol. The molecule has 4 heteroatoms. The van der Waals surface area contributed by atoms with E-state index in [0.717, 1.165) is 5.69 Å². The van der Waals surface area contributed by atoms with E-state index in [2.05, 4.69) is 23.3 Å². The maximum atomic E-state index is 12.1. The molecule has 1 fully saturated rings. The van der Waals surface area contributed by atoms with Gasteiger partial charge >= 0.3 is 0 Å². The monoisotopic (exact) mass is 229 g/mol. The van der Waals surface area contributed by atoms with Crippen molar-refractivity contribution >= 4 is 11.6 Å². The van der Waals surface area contributed by atoms with Gasteiger partial charge in [-0.2, -0.15) is 5.26 Å². The van der Waals surface area contributed by atoms with Crippen molar-refractivity contribution < 1.29 is 4.79 Å². The average Bonchev–Trinajstić information content (AvgIpc) is 2.27. The quantitative estimate of drug-likeness (QED) is 0.846. The Labute approximate surface area is 101 Å². The van der Waals surface area contributed by atoms with E-state index in [0.29, 0.717) is 24.4 Å². The predicted octanol–water partition coefficient (Wildman–Crippen LogP) is 2.27. The molecule has 1 aliphatic rings. The van der Waals surface area contributed by atoms with Crippen LogP contribution in [0.5, 0.6) is 0 Å². The van der Waals surface area contributed by atoms with Crippen molar-refractivity contribution in [3.8, 4) is 6.07 Å². The number of hydrogen-bond acceptors (Lipinski definition) is 3. The molecule has 0 spiro atoms. The first-order chi connectivity index (χ1) is 8.07. The van der Waals surface area contributed by atoms with Crippen LogP contribution in [0, 0.1) is 29.6 Å². The van der Waals surface area contributed by atoms with E-state index in [9.17, 15) is 4.79 Å². The van der Waals surface area contributed by atoms with Gasteiger partial charge in [0.15, 0.2) is 0 Å². The fraction of sp³-hybridized carbons (Fsp3) is 0.462. The Morgan fingerprint density at radius 1 is 1.65 bits per heavy atom. The van der Waals surface area contributed by atoms with E-state index >= 15 is 0 Å². The van der Waals surface area contributed by atoms with Crippen LogP contribution in [0.2, 0.25) is 0 Å². The smallest absolute Gasteiger partial charge is 0.244 e. The number of carbonyl (C=O) groups excluding carboxylic acids is 1. The highest BCUT2D eigenvalue weighted by atomic mass is 16.2. The molecule has 0 radical (unpaired) electrons. The molecule has 1 saturated carbocycles. The highest BCUT2D eigenvalue weighted by Gasteiger charge is 2.49. The molecule has 0 atom stereocenters. The van der Waals surface area contributed by atoms with Gasteiger partial charge in [0.25, 0.3) is 0 Å². The number of anilines is 1. The van der Waals surface area contributed by atoms with Crippen molar-refractivity contribution in [1.82, 2.24) is 4.98 Å². The third-order valence-corrected chi connectivity index (χ3v) is 3.30. The standard InChI is InChI=1S/C13H15N3O/c1-9-6-13(7-9,8-14)12(17)16-11-4-3-5-15-10(11)2/h3-5,9H,6-7H2,1-2H3,(H,16,17). The molecule has 0 unspecified atom stereocenters. The van der Waals surface area contributed by atoms with E-state index in [1.165, 1.54) is 0 Å². The Bertz CT molecular complexity index is 484. The molecule has 0 aromatic carbocycles. The number of nitrogens with one attached hydrogen (secondary N) is 1. The number of hydrogen-bond donors (Lipinski definition) is 1. The van der Waals surface area contributed by atoms with Gasteiger partial charge in [0.05, 0.1) is 17.5 Å². The van der Waals surface area contributed by atoms with E-state index in [1.807, 2.05) is 6.92 Å². The van der Waals surface area contributed by atoms with Gasteiger partial charge in [-0.15, -0.1) is 0 Å². The summed E-state index contributed by atoms with van der Waals surface area (Å²) in [5.74, 6) is 0.254. The van der Waals surface area contributed by atoms with Gasteiger partial charge in [0.1, 0.15) is 5.41 Å². The minimum Gasteiger partial charge on any atom is -0.323 e. The van der Waals surface area contributed by atoms with Crippen molar-refractivity contribution in [2.75, 3.05) is 5.32 Å². The Hall–Kier alpha value is -1.89. The molecule has 2 rings (SSSR count). The van der Waals surface area contributed by atoms with Crippen molar-refractivity contribution in [2.24, 2.45) is 11.3 Å². The minimum atomic E-state index is -0.832. The summed E-state index contributed by atoms with van der Waals surface area (Å²) < 4.78 is 0. The first kappa shape index (κ1) is 11.6. The molecule has 1 aliphatic carbocycles. The van der Waals surface area contributed by atoms with Crippen LogP contribution in [0.1, 0.15) is 25.5 Å². The Morgan fingerprint density at radius 2 is 2.35 bits per heavy atom. The van der Waals surface area contributed by atoms with E-state index in [1.54, 1.807) is 18.3 Å². The highest BCUT2D eigenvalue weighted by Crippen LogP contribution is 2.45. The van der Waals surface area contributed by atoms with Crippen LogP contribution in [0.25, 0.3) is 0 Å². The van der Waals surface area contributed by atoms with Gasteiger partial charge in [0, 0.05) is 6.20 Å². The normalized spacial score (nSPS) is 26.8. The minimum absolute atomic E-state index is 0.200. The zero-order chi connectivity index (χ0) is 12.5. The van der Waals surface area contributed by atoms with Gasteiger partial charge in [-0.25, -0.2) is 0 Å². The number of nitrogens with zero attached hydrogens (tertiary/aromatic N) is 2. The van der Waals surface area contributed by atoms with Gasteiger partial charge in [-0.05, 0) is 37.8 Å². The average molecular weight is 229 g/mol. The van der Waals surface area contributed by atoms with Crippen molar-refractivity contribution in [3.05, 3.63) is 24.0 Å². The number of aromatic nitrogens is 1. The zero-order valence-electron chi connectivity index (χ0n) is 10.0. The van der Waals surface area contributed by atoms with Gasteiger partial charge < -0.3 is 5.32 Å². The molecule has 1 aromatic rings. The topological polar surface area (TPSA) is 65.8 Å². The van der Waals surface area contributed by atoms with Crippen molar-refractivity contribution in [2.45, 2.75) is 26.7 Å². The summed E-state index contributed by atoms with van der Waals surface area (Å²) in [4.78, 5) is 16.2. The molecule has 1 heterocycles. The molecular formula is C13H15N3O. The number of amides is 1. The summed E-state index contributed by atoms with van der Waals surface area (Å²) in [5.41, 5.74) is 0.620. The van der Waals surface area contributed by atoms with Crippen LogP contribution in [-0.4, -0.2) is 10.9 Å². The van der Waals surface area contributed by atoms with Crippen molar-refractivity contribution in [1.29, 1.82) is 5.26 Å². The number of carbonyl (C=O) groups is 1. The number of aryl methyl sites for hydroxylation is 1. The molecular weight excluding hydrogens is 214 g/mol. The molecule has 4 nitrogen and oxygen atoms in total. The molecule has 1 N–H and O–H groups in total. The fourth-order valence-corrected chi connectivity index (χ4v) is 2.32. The molecule has 0 bridgehead atoms. The van der Waals surface area contributed by atoms with Gasteiger partial charge in [0.2, 0.25) is 5.91 Å². The molecule has 1 aromatic heterocycles. The van der Waals surface area contributed by atoms with E-state index in [-0.39, 0.29) is 5.91 Å². The van der Waals surface area contributed by atoms with E-state index < -0.39 is 5.41 Å². The van der Waals surface area contributed by atoms with Crippen LogP contribution in [-0.2, 0) is 4.79 Å². The van der Waals surface area contributed by atoms with Crippen LogP contribution >= 0.6 is 0 Å². The summed E-state index contributed by atoms with van der Waals surface area (Å²) >= 11 is 0. The number of nitriles is 1. The maximum absolute atomic E-state index is 12.1. The molecule has 0 saturated heterocycles. The van der Waals surface area contributed by atoms with Gasteiger partial charge in [-0.1, -0.05) is 6.92 Å².